The second-order valence-corrected chi connectivity index (χ2v) is 6.97. The van der Waals surface area contributed by atoms with Crippen molar-refractivity contribution in [3.8, 4) is 16.9 Å². The van der Waals surface area contributed by atoms with E-state index in [4.69, 9.17) is 16.3 Å². The Morgan fingerprint density at radius 1 is 1.11 bits per heavy atom. The summed E-state index contributed by atoms with van der Waals surface area (Å²) in [6.45, 7) is 1.80. The van der Waals surface area contributed by atoms with Crippen molar-refractivity contribution in [2.24, 2.45) is 7.05 Å². The number of pyridine rings is 1. The molecule has 0 aliphatic carbocycles. The first kappa shape index (κ1) is 19.7. The summed E-state index contributed by atoms with van der Waals surface area (Å²) >= 11 is 6.20. The number of amides is 1. The zero-order valence-corrected chi connectivity index (χ0v) is 16.4. The predicted molar refractivity (Wildman–Crippen MR) is 111 cm³/mol. The zero-order chi connectivity index (χ0) is 20.1. The van der Waals surface area contributed by atoms with Crippen LogP contribution in [0.1, 0.15) is 18.5 Å². The SMILES string of the molecule is CC(NC(=O)COc1cc(Cl)cc(-c2ccc(=O)n(C)c2)c1)c1ccccc1. The number of benzene rings is 2. The molecule has 144 valence electrons. The van der Waals surface area contributed by atoms with Gasteiger partial charge in [-0.3, -0.25) is 9.59 Å². The minimum atomic E-state index is -0.222. The van der Waals surface area contributed by atoms with E-state index >= 15 is 0 Å². The van der Waals surface area contributed by atoms with E-state index in [-0.39, 0.29) is 24.1 Å². The average molecular weight is 397 g/mol. The maximum atomic E-state index is 12.2. The second kappa shape index (κ2) is 8.76. The molecule has 0 saturated heterocycles. The highest BCUT2D eigenvalue weighted by molar-refractivity contribution is 6.31. The van der Waals surface area contributed by atoms with Gasteiger partial charge < -0.3 is 14.6 Å². The summed E-state index contributed by atoms with van der Waals surface area (Å²) < 4.78 is 7.13. The quantitative estimate of drug-likeness (QED) is 0.686. The lowest BCUT2D eigenvalue weighted by atomic mass is 10.1. The number of nitrogens with one attached hydrogen (secondary N) is 1. The summed E-state index contributed by atoms with van der Waals surface area (Å²) in [4.78, 5) is 23.8. The van der Waals surface area contributed by atoms with Crippen LogP contribution in [0, 0.1) is 0 Å². The molecule has 0 aliphatic heterocycles. The predicted octanol–water partition coefficient (Wildman–Crippen LogP) is 3.96. The Bertz CT molecular complexity index is 1030. The molecule has 0 radical (unpaired) electrons. The summed E-state index contributed by atoms with van der Waals surface area (Å²) in [7, 11) is 1.69. The molecular formula is C22H21ClN2O3. The first-order valence-electron chi connectivity index (χ1n) is 8.87. The number of hydrogen-bond donors (Lipinski definition) is 1. The minimum Gasteiger partial charge on any atom is -0.484 e. The summed E-state index contributed by atoms with van der Waals surface area (Å²) in [5, 5.41) is 3.39. The van der Waals surface area contributed by atoms with Gasteiger partial charge in [-0.25, -0.2) is 0 Å². The lowest BCUT2D eigenvalue weighted by Crippen LogP contribution is -2.31. The molecule has 0 fully saturated rings. The van der Waals surface area contributed by atoms with Crippen LogP contribution in [0.15, 0.2) is 71.7 Å². The maximum Gasteiger partial charge on any atom is 0.258 e. The number of carbonyl (C=O) groups excluding carboxylic acids is 1. The largest absolute Gasteiger partial charge is 0.484 e. The molecule has 2 aromatic carbocycles. The zero-order valence-electron chi connectivity index (χ0n) is 15.7. The van der Waals surface area contributed by atoms with Crippen molar-refractivity contribution < 1.29 is 9.53 Å². The Morgan fingerprint density at radius 3 is 2.57 bits per heavy atom. The molecule has 0 bridgehead atoms. The highest BCUT2D eigenvalue weighted by atomic mass is 35.5. The van der Waals surface area contributed by atoms with Crippen molar-refractivity contribution in [3.63, 3.8) is 0 Å². The van der Waals surface area contributed by atoms with E-state index in [1.807, 2.05) is 37.3 Å². The van der Waals surface area contributed by atoms with Crippen molar-refractivity contribution in [3.05, 3.63) is 87.8 Å². The monoisotopic (exact) mass is 396 g/mol. The molecule has 1 N–H and O–H groups in total. The number of carbonyl (C=O) groups is 1. The van der Waals surface area contributed by atoms with E-state index in [1.54, 1.807) is 37.5 Å². The summed E-state index contributed by atoms with van der Waals surface area (Å²) in [5.74, 6) is 0.263. The number of rotatable bonds is 6. The Labute approximate surface area is 168 Å². The second-order valence-electron chi connectivity index (χ2n) is 6.53. The molecule has 6 heteroatoms. The first-order chi connectivity index (χ1) is 13.4. The van der Waals surface area contributed by atoms with Gasteiger partial charge in [0.25, 0.3) is 5.91 Å². The molecule has 0 spiro atoms. The van der Waals surface area contributed by atoms with E-state index in [0.717, 1.165) is 16.7 Å². The van der Waals surface area contributed by atoms with Crippen molar-refractivity contribution in [1.29, 1.82) is 0 Å². The fourth-order valence-corrected chi connectivity index (χ4v) is 3.06. The Kier molecular flexibility index (Phi) is 6.16. The van der Waals surface area contributed by atoms with Crippen LogP contribution in [0.3, 0.4) is 0 Å². The third kappa shape index (κ3) is 5.02. The van der Waals surface area contributed by atoms with Gasteiger partial charge in [-0.1, -0.05) is 41.9 Å². The van der Waals surface area contributed by atoms with Gasteiger partial charge >= 0.3 is 0 Å². The third-order valence-electron chi connectivity index (χ3n) is 4.34. The van der Waals surface area contributed by atoms with Crippen LogP contribution in [-0.4, -0.2) is 17.1 Å². The highest BCUT2D eigenvalue weighted by Gasteiger charge is 2.11. The number of ether oxygens (including phenoxy) is 1. The molecule has 1 aromatic heterocycles. The van der Waals surface area contributed by atoms with Crippen LogP contribution in [-0.2, 0) is 11.8 Å². The van der Waals surface area contributed by atoms with E-state index < -0.39 is 0 Å². The van der Waals surface area contributed by atoms with Gasteiger partial charge in [0.1, 0.15) is 5.75 Å². The number of aryl methyl sites for hydroxylation is 1. The lowest BCUT2D eigenvalue weighted by Gasteiger charge is -2.15. The molecule has 1 atom stereocenters. The van der Waals surface area contributed by atoms with Gasteiger partial charge in [-0.2, -0.15) is 0 Å². The molecule has 0 aliphatic rings. The van der Waals surface area contributed by atoms with Crippen LogP contribution in [0.5, 0.6) is 5.75 Å². The maximum absolute atomic E-state index is 12.2. The molecule has 28 heavy (non-hydrogen) atoms. The van der Waals surface area contributed by atoms with Gasteiger partial charge in [0, 0.05) is 24.3 Å². The number of halogens is 1. The number of hydrogen-bond acceptors (Lipinski definition) is 3. The Balaban J connectivity index is 1.67. The van der Waals surface area contributed by atoms with E-state index in [9.17, 15) is 9.59 Å². The number of aromatic nitrogens is 1. The van der Waals surface area contributed by atoms with Gasteiger partial charge in [0.05, 0.1) is 6.04 Å². The Hall–Kier alpha value is -3.05. The van der Waals surface area contributed by atoms with Crippen LogP contribution in [0.25, 0.3) is 11.1 Å². The highest BCUT2D eigenvalue weighted by Crippen LogP contribution is 2.28. The fraction of sp³-hybridized carbons (Fsp3) is 0.182. The Morgan fingerprint density at radius 2 is 1.86 bits per heavy atom. The molecule has 0 saturated carbocycles. The van der Waals surface area contributed by atoms with Crippen molar-refractivity contribution in [1.82, 2.24) is 9.88 Å². The topological polar surface area (TPSA) is 60.3 Å². The van der Waals surface area contributed by atoms with Gasteiger partial charge in [-0.05, 0) is 47.9 Å². The average Bonchev–Trinajstić information content (AvgIpc) is 2.68. The van der Waals surface area contributed by atoms with Gasteiger partial charge in [0.15, 0.2) is 6.61 Å². The van der Waals surface area contributed by atoms with Crippen LogP contribution < -0.4 is 15.6 Å². The molecule has 1 heterocycles. The molecular weight excluding hydrogens is 376 g/mol. The molecule has 1 amide bonds. The van der Waals surface area contributed by atoms with Crippen molar-refractivity contribution in [2.75, 3.05) is 6.61 Å². The van der Waals surface area contributed by atoms with Crippen LogP contribution >= 0.6 is 11.6 Å². The fourth-order valence-electron chi connectivity index (χ4n) is 2.83. The lowest BCUT2D eigenvalue weighted by molar-refractivity contribution is -0.123. The van der Waals surface area contributed by atoms with Gasteiger partial charge in [-0.15, -0.1) is 0 Å². The van der Waals surface area contributed by atoms with Crippen LogP contribution in [0.2, 0.25) is 5.02 Å². The van der Waals surface area contributed by atoms with Crippen LogP contribution in [0.4, 0.5) is 0 Å². The standard InChI is InChI=1S/C22H21ClN2O3/c1-15(16-6-4-3-5-7-16)24-21(26)14-28-20-11-18(10-19(23)12-20)17-8-9-22(27)25(2)13-17/h3-13,15H,14H2,1-2H3,(H,24,26). The smallest absolute Gasteiger partial charge is 0.258 e. The van der Waals surface area contributed by atoms with Gasteiger partial charge in [0.2, 0.25) is 5.56 Å². The van der Waals surface area contributed by atoms with Crippen molar-refractivity contribution >= 4 is 17.5 Å². The summed E-state index contributed by atoms with van der Waals surface area (Å²) in [5.41, 5.74) is 2.56. The van der Waals surface area contributed by atoms with E-state index in [1.165, 1.54) is 10.6 Å². The summed E-state index contributed by atoms with van der Waals surface area (Å²) in [6, 6.07) is 18.1. The summed E-state index contributed by atoms with van der Waals surface area (Å²) in [6.07, 6.45) is 1.73. The molecule has 3 aromatic rings. The normalized spacial score (nSPS) is 11.7. The first-order valence-corrected chi connectivity index (χ1v) is 9.25. The van der Waals surface area contributed by atoms with E-state index in [2.05, 4.69) is 5.32 Å². The molecule has 5 nitrogen and oxygen atoms in total. The molecule has 3 rings (SSSR count). The number of nitrogens with zero attached hydrogens (tertiary/aromatic N) is 1. The third-order valence-corrected chi connectivity index (χ3v) is 4.56. The molecule has 1 unspecified atom stereocenters. The van der Waals surface area contributed by atoms with E-state index in [0.29, 0.717) is 10.8 Å². The van der Waals surface area contributed by atoms with Crippen molar-refractivity contribution in [2.45, 2.75) is 13.0 Å². The minimum absolute atomic E-state index is 0.0912.